The zero-order chi connectivity index (χ0) is 38.1. The van der Waals surface area contributed by atoms with Crippen LogP contribution in [0.1, 0.15) is 90.7 Å². The average Bonchev–Trinajstić information content (AvgIpc) is 3.34. The van der Waals surface area contributed by atoms with E-state index in [0.717, 1.165) is 62.3 Å². The predicted molar refractivity (Wildman–Crippen MR) is 203 cm³/mol. The number of ether oxygens (including phenoxy) is 2. The summed E-state index contributed by atoms with van der Waals surface area (Å²) in [7, 11) is -2.40. The second-order valence-electron chi connectivity index (χ2n) is 12.5. The fraction of sp³-hybridized carbons (Fsp3) is 0.564. The third kappa shape index (κ3) is 17.5. The van der Waals surface area contributed by atoms with Crippen molar-refractivity contribution in [3.05, 3.63) is 106 Å². The van der Waals surface area contributed by atoms with Crippen LogP contribution in [0.4, 0.5) is 4.39 Å². The molecule has 1 aromatic heterocycles. The Morgan fingerprint density at radius 3 is 2.06 bits per heavy atom. The molecule has 0 bridgehead atoms. The summed E-state index contributed by atoms with van der Waals surface area (Å²) in [6.07, 6.45) is 30.7. The third-order valence-electron chi connectivity index (χ3n) is 8.19. The van der Waals surface area contributed by atoms with Gasteiger partial charge in [0, 0.05) is 45.4 Å². The molecule has 11 nitrogen and oxygen atoms in total. The van der Waals surface area contributed by atoms with Crippen LogP contribution in [-0.2, 0) is 27.9 Å². The van der Waals surface area contributed by atoms with Gasteiger partial charge in [0.05, 0.1) is 12.8 Å². The minimum absolute atomic E-state index is 0.00685. The smallest absolute Gasteiger partial charge is 0.330 e. The number of carbonyl (C=O) groups excluding carboxylic acids is 1. The zero-order valence-corrected chi connectivity index (χ0v) is 31.8. The summed E-state index contributed by atoms with van der Waals surface area (Å²) in [6, 6.07) is 1.03. The van der Waals surface area contributed by atoms with Gasteiger partial charge in [0.25, 0.3) is 5.56 Å². The zero-order valence-electron chi connectivity index (χ0n) is 30.9. The Kier molecular flexibility index (Phi) is 22.2. The van der Waals surface area contributed by atoms with E-state index in [9.17, 15) is 24.1 Å². The van der Waals surface area contributed by atoms with Crippen molar-refractivity contribution in [2.45, 2.75) is 109 Å². The molecule has 1 aliphatic heterocycles. The highest BCUT2D eigenvalue weighted by Crippen LogP contribution is 2.49. The van der Waals surface area contributed by atoms with E-state index in [0.29, 0.717) is 38.7 Å². The van der Waals surface area contributed by atoms with Crippen LogP contribution in [0.5, 0.6) is 0 Å². The number of nitrogens with one attached hydrogen (secondary N) is 1. The number of aromatic nitrogens is 2. The molecule has 0 saturated carbocycles. The maximum atomic E-state index is 15.4. The van der Waals surface area contributed by atoms with Crippen molar-refractivity contribution < 1.29 is 37.4 Å². The van der Waals surface area contributed by atoms with Gasteiger partial charge in [-0.1, -0.05) is 79.8 Å². The molecule has 290 valence electrons. The summed E-state index contributed by atoms with van der Waals surface area (Å²) in [4.78, 5) is 37.7. The number of ketones is 1. The first-order valence-corrected chi connectivity index (χ1v) is 19.9. The molecule has 52 heavy (non-hydrogen) atoms. The standard InChI is InChI=1S/C39H58FN2O9P/c1-4-5-6-7-8-9-10-11-12-13-14-15-16-17-18-19-20-21-22-25-33(43)26-23-29-49-30-24-31-52(47,48-3)50-32-34-36(45)39(2,40)37(51-34)42-28-27-35(44)41-38(42)46/h5-6,8-9,11-12,14-15,17-18,20-21,27-28,34,36-37,45H,4,7,10,13,16,19,22-26,29-32H2,1-3H3,(H,41,44,46)/b6-5-,9-8-,12-11-,15-14-,18-17-,21-20-/t34-,36-,37?,39-,52?/m1/s1. The number of halogens is 1. The number of rotatable bonds is 27. The molecule has 1 aliphatic rings. The van der Waals surface area contributed by atoms with Crippen LogP contribution in [0.3, 0.4) is 0 Å². The van der Waals surface area contributed by atoms with Crippen molar-refractivity contribution in [3.63, 3.8) is 0 Å². The Balaban J connectivity index is 1.51. The Morgan fingerprint density at radius 2 is 1.50 bits per heavy atom. The molecule has 5 atom stereocenters. The fourth-order valence-corrected chi connectivity index (χ4v) is 6.51. The highest BCUT2D eigenvalue weighted by Gasteiger charge is 2.55. The van der Waals surface area contributed by atoms with E-state index in [4.69, 9.17) is 18.5 Å². The second-order valence-corrected chi connectivity index (χ2v) is 14.8. The second kappa shape index (κ2) is 25.7. The number of hydrogen-bond acceptors (Lipinski definition) is 9. The number of nitrogens with zero attached hydrogens (tertiary/aromatic N) is 1. The molecule has 2 heterocycles. The largest absolute Gasteiger partial charge is 0.387 e. The van der Waals surface area contributed by atoms with Gasteiger partial charge in [0.15, 0.2) is 11.9 Å². The molecular weight excluding hydrogens is 690 g/mol. The van der Waals surface area contributed by atoms with E-state index in [1.807, 2.05) is 11.1 Å². The van der Waals surface area contributed by atoms with E-state index < -0.39 is 49.6 Å². The molecule has 0 aromatic carbocycles. The average molecular weight is 749 g/mol. The number of aliphatic hydroxyl groups excluding tert-OH is 1. The molecule has 0 spiro atoms. The van der Waals surface area contributed by atoms with E-state index in [1.54, 1.807) is 0 Å². The van der Waals surface area contributed by atoms with Gasteiger partial charge < -0.3 is 23.6 Å². The van der Waals surface area contributed by atoms with E-state index >= 15 is 4.39 Å². The first-order valence-electron chi connectivity index (χ1n) is 18.2. The summed E-state index contributed by atoms with van der Waals surface area (Å²) in [5.41, 5.74) is -3.97. The molecule has 1 aromatic rings. The Labute approximate surface area is 307 Å². The highest BCUT2D eigenvalue weighted by atomic mass is 31.2. The lowest BCUT2D eigenvalue weighted by Gasteiger charge is -2.24. The molecule has 2 rings (SSSR count). The summed E-state index contributed by atoms with van der Waals surface area (Å²) >= 11 is 0. The lowest BCUT2D eigenvalue weighted by atomic mass is 9.98. The van der Waals surface area contributed by atoms with Crippen LogP contribution in [-0.4, -0.2) is 71.4 Å². The predicted octanol–water partition coefficient (Wildman–Crippen LogP) is 7.61. The van der Waals surface area contributed by atoms with Crippen molar-refractivity contribution >= 4 is 13.4 Å². The molecule has 13 heteroatoms. The quantitative estimate of drug-likeness (QED) is 0.0527. The first kappa shape index (κ1) is 44.9. The maximum Gasteiger partial charge on any atom is 0.330 e. The van der Waals surface area contributed by atoms with E-state index in [-0.39, 0.29) is 18.6 Å². The minimum Gasteiger partial charge on any atom is -0.387 e. The molecule has 1 saturated heterocycles. The Bertz CT molecular complexity index is 1530. The van der Waals surface area contributed by atoms with Crippen molar-refractivity contribution in [1.29, 1.82) is 0 Å². The number of aliphatic hydroxyl groups is 1. The van der Waals surface area contributed by atoms with Crippen molar-refractivity contribution in [3.8, 4) is 0 Å². The van der Waals surface area contributed by atoms with Crippen LogP contribution >= 0.6 is 7.60 Å². The molecule has 0 aliphatic carbocycles. The minimum atomic E-state index is -3.62. The summed E-state index contributed by atoms with van der Waals surface area (Å²) in [6.45, 7) is 3.39. The Morgan fingerprint density at radius 1 is 0.942 bits per heavy atom. The molecule has 1 fully saturated rings. The van der Waals surface area contributed by atoms with Crippen molar-refractivity contribution in [1.82, 2.24) is 9.55 Å². The molecule has 0 radical (unpaired) electrons. The van der Waals surface area contributed by atoms with Crippen LogP contribution in [0, 0.1) is 0 Å². The summed E-state index contributed by atoms with van der Waals surface area (Å²) < 4.78 is 50.9. The number of alkyl halides is 1. The van der Waals surface area contributed by atoms with Crippen LogP contribution in [0.15, 0.2) is 94.8 Å². The van der Waals surface area contributed by atoms with Gasteiger partial charge in [0.1, 0.15) is 18.0 Å². The van der Waals surface area contributed by atoms with Gasteiger partial charge in [0.2, 0.25) is 0 Å². The third-order valence-corrected chi connectivity index (χ3v) is 10.1. The monoisotopic (exact) mass is 748 g/mol. The topological polar surface area (TPSA) is 146 Å². The number of aromatic amines is 1. The van der Waals surface area contributed by atoms with Gasteiger partial charge in [-0.15, -0.1) is 0 Å². The van der Waals surface area contributed by atoms with Crippen LogP contribution in [0.2, 0.25) is 0 Å². The molecule has 2 N–H and O–H groups in total. The number of carbonyl (C=O) groups is 1. The molecule has 2 unspecified atom stereocenters. The first-order chi connectivity index (χ1) is 25.0. The Hall–Kier alpha value is -3.25. The SMILES string of the molecule is CC/C=C\C/C=C\C/C=C\C/C=C\C/C=C\C/C=C\CCC(=O)CCCOCCCP(=O)(OC)OC[C@H]1OC(n2ccc(=O)[nH]c2=O)[C@](C)(F)[C@@H]1O. The van der Waals surface area contributed by atoms with E-state index in [2.05, 4.69) is 73.8 Å². The highest BCUT2D eigenvalue weighted by molar-refractivity contribution is 7.53. The summed E-state index contributed by atoms with van der Waals surface area (Å²) in [5, 5.41) is 10.5. The van der Waals surface area contributed by atoms with Crippen molar-refractivity contribution in [2.24, 2.45) is 0 Å². The number of hydrogen-bond donors (Lipinski definition) is 2. The van der Waals surface area contributed by atoms with Gasteiger partial charge in [-0.2, -0.15) is 0 Å². The number of Topliss-reactive ketones (excluding diaryl/α,β-unsaturated/α-hetero) is 1. The van der Waals surface area contributed by atoms with Crippen LogP contribution in [0.25, 0.3) is 0 Å². The van der Waals surface area contributed by atoms with Crippen LogP contribution < -0.4 is 11.2 Å². The number of H-pyrrole nitrogens is 1. The van der Waals surface area contributed by atoms with Gasteiger partial charge in [-0.05, 0) is 64.7 Å². The van der Waals surface area contributed by atoms with Gasteiger partial charge >= 0.3 is 13.3 Å². The van der Waals surface area contributed by atoms with E-state index in [1.165, 1.54) is 7.11 Å². The molecule has 0 amide bonds. The maximum absolute atomic E-state index is 15.4. The normalized spacial score (nSPS) is 22.4. The van der Waals surface area contributed by atoms with Gasteiger partial charge in [-0.25, -0.2) is 9.18 Å². The lowest BCUT2D eigenvalue weighted by molar-refractivity contribution is -0.119. The fourth-order valence-electron chi connectivity index (χ4n) is 5.20. The molecular formula is C39H58FN2O9P. The van der Waals surface area contributed by atoms with Crippen molar-refractivity contribution in [2.75, 3.05) is 33.1 Å². The number of allylic oxidation sites excluding steroid dienone is 12. The summed E-state index contributed by atoms with van der Waals surface area (Å²) in [5.74, 6) is 0.175. The lowest BCUT2D eigenvalue weighted by Crippen LogP contribution is -2.43. The van der Waals surface area contributed by atoms with Gasteiger partial charge in [-0.3, -0.25) is 23.7 Å².